The lowest BCUT2D eigenvalue weighted by atomic mass is 10.2. The molecular formula is C24H28N6O5S2. The van der Waals surface area contributed by atoms with Gasteiger partial charge in [-0.1, -0.05) is 5.16 Å². The Kier molecular flexibility index (Phi) is 8.08. The first-order valence-corrected chi connectivity index (χ1v) is 13.8. The molecule has 37 heavy (non-hydrogen) atoms. The van der Waals surface area contributed by atoms with E-state index in [0.717, 1.165) is 52.7 Å². The van der Waals surface area contributed by atoms with Crippen LogP contribution in [0.15, 0.2) is 47.0 Å². The van der Waals surface area contributed by atoms with Crippen molar-refractivity contribution in [3.05, 3.63) is 53.4 Å². The third-order valence-corrected chi connectivity index (χ3v) is 7.38. The summed E-state index contributed by atoms with van der Waals surface area (Å²) in [4.78, 5) is 13.4. The Hall–Kier alpha value is -2.94. The van der Waals surface area contributed by atoms with E-state index in [2.05, 4.69) is 29.6 Å². The van der Waals surface area contributed by atoms with Crippen LogP contribution in [0.25, 0.3) is 21.6 Å². The molecule has 2 aromatic heterocycles. The third-order valence-electron chi connectivity index (χ3n) is 6.02. The number of rotatable bonds is 10. The van der Waals surface area contributed by atoms with Gasteiger partial charge < -0.3 is 14.4 Å². The molecule has 3 heterocycles. The van der Waals surface area contributed by atoms with Crippen LogP contribution in [0.1, 0.15) is 10.9 Å². The molecule has 1 aliphatic rings. The fourth-order valence-electron chi connectivity index (χ4n) is 4.20. The normalized spacial score (nSPS) is 16.6. The van der Waals surface area contributed by atoms with Gasteiger partial charge in [-0.25, -0.2) is 9.19 Å². The van der Waals surface area contributed by atoms with Crippen LogP contribution in [-0.2, 0) is 17.8 Å². The number of aliphatic hydroxyl groups excluding tert-OH is 1. The molecule has 5 rings (SSSR count). The first-order chi connectivity index (χ1) is 17.9. The summed E-state index contributed by atoms with van der Waals surface area (Å²) in [6, 6.07) is 12.7. The number of fused-ring (bicyclic) bond motifs is 1. The van der Waals surface area contributed by atoms with Crippen LogP contribution >= 0.6 is 11.3 Å². The number of piperazine rings is 1. The van der Waals surface area contributed by atoms with Crippen molar-refractivity contribution < 1.29 is 23.1 Å². The van der Waals surface area contributed by atoms with Gasteiger partial charge in [-0.2, -0.15) is 4.98 Å². The number of ether oxygens (including phenoxy) is 1. The third kappa shape index (κ3) is 6.89. The molecule has 2 aromatic carbocycles. The van der Waals surface area contributed by atoms with E-state index in [-0.39, 0.29) is 6.61 Å². The van der Waals surface area contributed by atoms with E-state index in [1.165, 1.54) is 0 Å². The van der Waals surface area contributed by atoms with Gasteiger partial charge in [0, 0.05) is 50.0 Å². The molecule has 13 heteroatoms. The number of hydrogen-bond acceptors (Lipinski definition) is 10. The van der Waals surface area contributed by atoms with E-state index in [9.17, 15) is 9.32 Å². The molecule has 3 N–H and O–H groups in total. The Bertz CT molecular complexity index is 1350. The number of aliphatic hydroxyl groups is 1. The Morgan fingerprint density at radius 1 is 1.14 bits per heavy atom. The first-order valence-electron chi connectivity index (χ1n) is 11.8. The molecule has 11 nitrogen and oxygen atoms in total. The molecule has 4 aromatic rings. The minimum absolute atomic E-state index is 0.231. The number of aromatic nitrogens is 3. The lowest BCUT2D eigenvalue weighted by molar-refractivity contribution is 0.0426. The summed E-state index contributed by atoms with van der Waals surface area (Å²) in [5.74, 6) is 1.72. The van der Waals surface area contributed by atoms with Gasteiger partial charge in [0.1, 0.15) is 18.5 Å². The fourth-order valence-corrected chi connectivity index (χ4v) is 5.35. The summed E-state index contributed by atoms with van der Waals surface area (Å²) in [6.07, 6.45) is -0.586. The van der Waals surface area contributed by atoms with Gasteiger partial charge >= 0.3 is 0 Å². The highest BCUT2D eigenvalue weighted by atomic mass is 32.2. The summed E-state index contributed by atoms with van der Waals surface area (Å²) in [5.41, 5.74) is 2.20. The van der Waals surface area contributed by atoms with Gasteiger partial charge in [-0.15, -0.1) is 11.3 Å². The Morgan fingerprint density at radius 2 is 1.89 bits per heavy atom. The van der Waals surface area contributed by atoms with Gasteiger partial charge in [0.15, 0.2) is 0 Å². The molecule has 2 atom stereocenters. The van der Waals surface area contributed by atoms with E-state index in [1.807, 2.05) is 25.1 Å². The quantitative estimate of drug-likeness (QED) is 0.256. The number of thiazole rings is 1. The first kappa shape index (κ1) is 25.7. The second-order valence-corrected chi connectivity index (χ2v) is 10.8. The maximum Gasteiger partial charge on any atom is 0.259 e. The van der Waals surface area contributed by atoms with Gasteiger partial charge in [0.05, 0.1) is 21.8 Å². The van der Waals surface area contributed by atoms with Crippen molar-refractivity contribution >= 4 is 38.5 Å². The second-order valence-electron chi connectivity index (χ2n) is 8.84. The minimum Gasteiger partial charge on any atom is -0.491 e. The smallest absolute Gasteiger partial charge is 0.259 e. The van der Waals surface area contributed by atoms with Gasteiger partial charge in [-0.3, -0.25) is 19.1 Å². The van der Waals surface area contributed by atoms with E-state index in [4.69, 9.17) is 13.8 Å². The van der Waals surface area contributed by atoms with Crippen molar-refractivity contribution in [3.8, 4) is 17.1 Å². The molecule has 2 unspecified atom stereocenters. The molecule has 1 fully saturated rings. The molecular weight excluding hydrogens is 516 g/mol. The molecule has 196 valence electrons. The molecule has 0 amide bonds. The zero-order valence-corrected chi connectivity index (χ0v) is 21.9. The highest BCUT2D eigenvalue weighted by Crippen LogP contribution is 2.25. The summed E-state index contributed by atoms with van der Waals surface area (Å²) in [7, 11) is 0. The van der Waals surface area contributed by atoms with Gasteiger partial charge in [0.2, 0.25) is 11.7 Å². The van der Waals surface area contributed by atoms with Crippen molar-refractivity contribution in [1.29, 1.82) is 0 Å². The Morgan fingerprint density at radius 3 is 2.65 bits per heavy atom. The van der Waals surface area contributed by atoms with Crippen molar-refractivity contribution in [2.75, 3.05) is 44.1 Å². The van der Waals surface area contributed by atoms with Crippen molar-refractivity contribution in [3.63, 3.8) is 0 Å². The second kappa shape index (κ2) is 11.6. The Labute approximate surface area is 220 Å². The number of anilines is 1. The largest absolute Gasteiger partial charge is 0.491 e. The van der Waals surface area contributed by atoms with Gasteiger partial charge in [0.25, 0.3) is 11.3 Å². The lowest BCUT2D eigenvalue weighted by Crippen LogP contribution is -2.48. The number of aryl methyl sites for hydroxylation is 1. The number of nitrogens with one attached hydrogen (secondary N) is 1. The van der Waals surface area contributed by atoms with E-state index in [0.29, 0.717) is 30.5 Å². The summed E-state index contributed by atoms with van der Waals surface area (Å²) in [6.45, 7) is 6.60. The molecule has 0 saturated carbocycles. The number of β-amino-alcohol motifs (C(OH)–C–C–N with tert-alkyl or cyclic N) is 1. The average Bonchev–Trinajstić information content (AvgIpc) is 3.49. The molecule has 0 bridgehead atoms. The molecule has 0 aliphatic carbocycles. The zero-order chi connectivity index (χ0) is 25.8. The lowest BCUT2D eigenvalue weighted by Gasteiger charge is -2.34. The van der Waals surface area contributed by atoms with Crippen LogP contribution in [0, 0.1) is 6.92 Å². The summed E-state index contributed by atoms with van der Waals surface area (Å²) in [5, 5.41) is 15.6. The molecule has 1 saturated heterocycles. The van der Waals surface area contributed by atoms with E-state index >= 15 is 0 Å². The minimum atomic E-state index is -2.12. The predicted octanol–water partition coefficient (Wildman–Crippen LogP) is 2.76. The van der Waals surface area contributed by atoms with E-state index in [1.54, 1.807) is 35.6 Å². The number of benzene rings is 2. The van der Waals surface area contributed by atoms with Crippen LogP contribution in [-0.4, -0.2) is 84.2 Å². The topological polar surface area (TPSA) is 137 Å². The zero-order valence-electron chi connectivity index (χ0n) is 20.2. The predicted molar refractivity (Wildman–Crippen MR) is 142 cm³/mol. The van der Waals surface area contributed by atoms with Crippen molar-refractivity contribution in [2.24, 2.45) is 0 Å². The highest BCUT2D eigenvalue weighted by Gasteiger charge is 2.21. The summed E-state index contributed by atoms with van der Waals surface area (Å²) < 4.78 is 34.5. The number of nitrogens with zero attached hydrogens (tertiary/aromatic N) is 5. The standard InChI is InChI=1S/C24H28N6O5S2/c1-16-25-21-12-20(6-7-22(21)36-16)34-15-19(31)13-29-8-10-30(11-9-29)14-23-26-24(27-35-23)17-2-4-18(5-3-17)28-37(32)33/h2-7,12,19,28,31H,8-11,13-15H2,1H3,(H,32,33). The number of hydrogen-bond donors (Lipinski definition) is 3. The highest BCUT2D eigenvalue weighted by molar-refractivity contribution is 7.80. The van der Waals surface area contributed by atoms with Crippen LogP contribution in [0.4, 0.5) is 5.69 Å². The van der Waals surface area contributed by atoms with Crippen molar-refractivity contribution in [2.45, 2.75) is 19.6 Å². The van der Waals surface area contributed by atoms with E-state index < -0.39 is 17.4 Å². The Balaban J connectivity index is 1.05. The van der Waals surface area contributed by atoms with Gasteiger partial charge in [-0.05, 0) is 43.3 Å². The van der Waals surface area contributed by atoms with Crippen LogP contribution in [0.2, 0.25) is 0 Å². The van der Waals surface area contributed by atoms with Crippen LogP contribution in [0.5, 0.6) is 5.75 Å². The van der Waals surface area contributed by atoms with Crippen LogP contribution in [0.3, 0.4) is 0 Å². The molecule has 1 aliphatic heterocycles. The molecule has 0 radical (unpaired) electrons. The maximum atomic E-state index is 10.8. The SMILES string of the molecule is Cc1nc2cc(OCC(O)CN3CCN(Cc4nc(-c5ccc(NS(=O)O)cc5)no4)CC3)ccc2s1. The maximum absolute atomic E-state index is 10.8. The fraction of sp³-hybridized carbons (Fsp3) is 0.375. The molecule has 0 spiro atoms. The average molecular weight is 545 g/mol. The van der Waals surface area contributed by atoms with Crippen molar-refractivity contribution in [1.82, 2.24) is 24.9 Å². The van der Waals surface area contributed by atoms with Crippen LogP contribution < -0.4 is 9.46 Å². The monoisotopic (exact) mass is 544 g/mol. The summed E-state index contributed by atoms with van der Waals surface area (Å²) >= 11 is -0.464.